The number of H-pyrrole nitrogens is 1. The highest BCUT2D eigenvalue weighted by atomic mass is 16.3. The third-order valence-electron chi connectivity index (χ3n) is 5.49. The van der Waals surface area contributed by atoms with Gasteiger partial charge in [0.05, 0.1) is 12.5 Å². The van der Waals surface area contributed by atoms with Crippen LogP contribution in [0.2, 0.25) is 0 Å². The number of aromatic nitrogens is 1. The summed E-state index contributed by atoms with van der Waals surface area (Å²) in [5.74, 6) is 2.88. The SMILES string of the molecule is c1coc(CCCC(CCc2ccco2)CCc2c[nH]c3ccccc23)c1. The molecule has 3 nitrogen and oxygen atoms in total. The number of nitrogens with one attached hydrogen (secondary N) is 1. The average molecular weight is 361 g/mol. The Kier molecular flexibility index (Phi) is 5.78. The van der Waals surface area contributed by atoms with Crippen LogP contribution < -0.4 is 0 Å². The summed E-state index contributed by atoms with van der Waals surface area (Å²) in [7, 11) is 0. The Bertz CT molecular complexity index is 919. The standard InChI is InChI=1S/C24H27NO2/c1-2-11-24-23(10-1)20(18-25-24)14-12-19(13-15-22-9-5-17-27-22)6-3-7-21-8-4-16-26-21/h1-2,4-5,8-11,16-19,25H,3,6-7,12-15H2. The maximum Gasteiger partial charge on any atom is 0.103 e. The van der Waals surface area contributed by atoms with Gasteiger partial charge >= 0.3 is 0 Å². The maximum atomic E-state index is 5.54. The largest absolute Gasteiger partial charge is 0.469 e. The smallest absolute Gasteiger partial charge is 0.103 e. The molecule has 0 radical (unpaired) electrons. The summed E-state index contributed by atoms with van der Waals surface area (Å²) in [6.07, 6.45) is 13.7. The predicted molar refractivity (Wildman–Crippen MR) is 109 cm³/mol. The van der Waals surface area contributed by atoms with Gasteiger partial charge in [0, 0.05) is 29.9 Å². The molecule has 140 valence electrons. The zero-order valence-corrected chi connectivity index (χ0v) is 15.7. The lowest BCUT2D eigenvalue weighted by Gasteiger charge is -2.16. The van der Waals surface area contributed by atoms with Crippen LogP contribution in [-0.2, 0) is 19.3 Å². The van der Waals surface area contributed by atoms with Crippen LogP contribution in [0.3, 0.4) is 0 Å². The summed E-state index contributed by atoms with van der Waals surface area (Å²) >= 11 is 0. The topological polar surface area (TPSA) is 42.1 Å². The van der Waals surface area contributed by atoms with Crippen LogP contribution in [0.5, 0.6) is 0 Å². The van der Waals surface area contributed by atoms with Gasteiger partial charge in [-0.1, -0.05) is 18.2 Å². The van der Waals surface area contributed by atoms with Crippen molar-refractivity contribution in [3.05, 3.63) is 84.3 Å². The van der Waals surface area contributed by atoms with E-state index in [2.05, 4.69) is 47.6 Å². The van der Waals surface area contributed by atoms with E-state index in [1.165, 1.54) is 42.1 Å². The molecule has 0 aliphatic rings. The maximum absolute atomic E-state index is 5.54. The molecule has 0 bridgehead atoms. The van der Waals surface area contributed by atoms with Crippen LogP contribution in [-0.4, -0.2) is 4.98 Å². The van der Waals surface area contributed by atoms with Gasteiger partial charge in [0.2, 0.25) is 0 Å². The number of aryl methyl sites for hydroxylation is 3. The third kappa shape index (κ3) is 4.73. The van der Waals surface area contributed by atoms with Crippen molar-refractivity contribution < 1.29 is 8.83 Å². The Morgan fingerprint density at radius 1 is 0.741 bits per heavy atom. The fourth-order valence-corrected chi connectivity index (χ4v) is 3.95. The van der Waals surface area contributed by atoms with E-state index in [4.69, 9.17) is 8.83 Å². The minimum atomic E-state index is 0.693. The molecule has 1 atom stereocenters. The van der Waals surface area contributed by atoms with Gasteiger partial charge in [-0.3, -0.25) is 0 Å². The van der Waals surface area contributed by atoms with Crippen molar-refractivity contribution in [3.63, 3.8) is 0 Å². The molecule has 0 saturated heterocycles. The number of aromatic amines is 1. The number of benzene rings is 1. The van der Waals surface area contributed by atoms with Crippen LogP contribution in [0.25, 0.3) is 10.9 Å². The second kappa shape index (κ2) is 8.81. The lowest BCUT2D eigenvalue weighted by molar-refractivity contribution is 0.382. The second-order valence-electron chi connectivity index (χ2n) is 7.35. The molecule has 3 heteroatoms. The fraction of sp³-hybridized carbons (Fsp3) is 0.333. The Hall–Kier alpha value is -2.68. The molecule has 27 heavy (non-hydrogen) atoms. The van der Waals surface area contributed by atoms with Crippen LogP contribution in [0.15, 0.2) is 76.1 Å². The van der Waals surface area contributed by atoms with E-state index in [1.54, 1.807) is 12.5 Å². The molecule has 3 heterocycles. The molecule has 0 aliphatic carbocycles. The minimum Gasteiger partial charge on any atom is -0.469 e. The number of hydrogen-bond donors (Lipinski definition) is 1. The molecule has 1 aromatic carbocycles. The Morgan fingerprint density at radius 2 is 1.48 bits per heavy atom. The summed E-state index contributed by atoms with van der Waals surface area (Å²) in [5.41, 5.74) is 2.66. The van der Waals surface area contributed by atoms with Gasteiger partial charge in [-0.25, -0.2) is 0 Å². The fourth-order valence-electron chi connectivity index (χ4n) is 3.95. The zero-order chi connectivity index (χ0) is 18.3. The van der Waals surface area contributed by atoms with Crippen LogP contribution >= 0.6 is 0 Å². The first-order valence-corrected chi connectivity index (χ1v) is 9.98. The lowest BCUT2D eigenvalue weighted by atomic mass is 9.90. The van der Waals surface area contributed by atoms with Gasteiger partial charge in [0.15, 0.2) is 0 Å². The van der Waals surface area contributed by atoms with E-state index in [9.17, 15) is 0 Å². The van der Waals surface area contributed by atoms with E-state index in [-0.39, 0.29) is 0 Å². The molecule has 4 rings (SSSR count). The molecule has 1 unspecified atom stereocenters. The molecule has 0 fully saturated rings. The quantitative estimate of drug-likeness (QED) is 0.347. The number of para-hydroxylation sites is 1. The highest BCUT2D eigenvalue weighted by molar-refractivity contribution is 5.82. The second-order valence-corrected chi connectivity index (χ2v) is 7.35. The first-order valence-electron chi connectivity index (χ1n) is 9.98. The van der Waals surface area contributed by atoms with E-state index in [1.807, 2.05) is 12.1 Å². The molecular formula is C24H27NO2. The monoisotopic (exact) mass is 361 g/mol. The Balaban J connectivity index is 1.35. The van der Waals surface area contributed by atoms with E-state index in [0.29, 0.717) is 5.92 Å². The van der Waals surface area contributed by atoms with Crippen molar-refractivity contribution in [2.24, 2.45) is 5.92 Å². The molecular weight excluding hydrogens is 334 g/mol. The normalized spacial score (nSPS) is 12.6. The summed E-state index contributed by atoms with van der Waals surface area (Å²) < 4.78 is 11.0. The van der Waals surface area contributed by atoms with Crippen molar-refractivity contribution >= 4 is 10.9 Å². The molecule has 4 aromatic rings. The number of fused-ring (bicyclic) bond motifs is 1. The number of rotatable bonds is 10. The summed E-state index contributed by atoms with van der Waals surface area (Å²) in [6, 6.07) is 16.7. The summed E-state index contributed by atoms with van der Waals surface area (Å²) in [6.45, 7) is 0. The van der Waals surface area contributed by atoms with Crippen molar-refractivity contribution in [1.29, 1.82) is 0 Å². The van der Waals surface area contributed by atoms with Crippen molar-refractivity contribution in [3.8, 4) is 0 Å². The molecule has 0 amide bonds. The number of hydrogen-bond acceptors (Lipinski definition) is 2. The highest BCUT2D eigenvalue weighted by Crippen LogP contribution is 2.25. The molecule has 0 saturated carbocycles. The average Bonchev–Trinajstić information content (AvgIpc) is 3.46. The van der Waals surface area contributed by atoms with Gasteiger partial charge < -0.3 is 13.8 Å². The zero-order valence-electron chi connectivity index (χ0n) is 15.7. The third-order valence-corrected chi connectivity index (χ3v) is 5.49. The van der Waals surface area contributed by atoms with Crippen LogP contribution in [0, 0.1) is 5.92 Å². The van der Waals surface area contributed by atoms with Crippen LogP contribution in [0.1, 0.15) is 42.8 Å². The van der Waals surface area contributed by atoms with E-state index < -0.39 is 0 Å². The van der Waals surface area contributed by atoms with Crippen molar-refractivity contribution in [2.75, 3.05) is 0 Å². The lowest BCUT2D eigenvalue weighted by Crippen LogP contribution is -2.05. The number of furan rings is 2. The molecule has 0 aliphatic heterocycles. The molecule has 3 aromatic heterocycles. The summed E-state index contributed by atoms with van der Waals surface area (Å²) in [5, 5.41) is 1.36. The summed E-state index contributed by atoms with van der Waals surface area (Å²) in [4.78, 5) is 3.40. The van der Waals surface area contributed by atoms with Gasteiger partial charge in [0.1, 0.15) is 11.5 Å². The first-order chi connectivity index (χ1) is 13.4. The van der Waals surface area contributed by atoms with Crippen molar-refractivity contribution in [2.45, 2.75) is 44.9 Å². The Labute approximate surface area is 160 Å². The van der Waals surface area contributed by atoms with Gasteiger partial charge in [0.25, 0.3) is 0 Å². The van der Waals surface area contributed by atoms with Crippen molar-refractivity contribution in [1.82, 2.24) is 4.98 Å². The van der Waals surface area contributed by atoms with Gasteiger partial charge in [-0.15, -0.1) is 0 Å². The first kappa shape index (κ1) is 17.7. The van der Waals surface area contributed by atoms with Gasteiger partial charge in [-0.2, -0.15) is 0 Å². The van der Waals surface area contributed by atoms with E-state index >= 15 is 0 Å². The Morgan fingerprint density at radius 3 is 2.26 bits per heavy atom. The molecule has 0 spiro atoms. The van der Waals surface area contributed by atoms with Gasteiger partial charge in [-0.05, 0) is 73.9 Å². The minimum absolute atomic E-state index is 0.693. The predicted octanol–water partition coefficient (Wildman–Crippen LogP) is 6.56. The van der Waals surface area contributed by atoms with Crippen LogP contribution in [0.4, 0.5) is 0 Å². The van der Waals surface area contributed by atoms with E-state index in [0.717, 1.165) is 30.8 Å². The highest BCUT2D eigenvalue weighted by Gasteiger charge is 2.13. The molecule has 1 N–H and O–H groups in total.